The van der Waals surface area contributed by atoms with Gasteiger partial charge in [0.1, 0.15) is 16.4 Å². The first-order chi connectivity index (χ1) is 14.5. The number of benzene rings is 2. The van der Waals surface area contributed by atoms with E-state index in [4.69, 9.17) is 4.74 Å². The standard InChI is InChI=1S/C22H18FN3O3S/c1-13-18-21(24-12-26(22(18)28)11-14-6-5-7-15(23)10-14)30-19(13)20(27)25-16-8-3-4-9-17(16)29-2/h3-10,12H,11H2,1-2H3,(H,25,27). The number of carbonyl (C=O) groups is 1. The van der Waals surface area contributed by atoms with Crippen molar-refractivity contribution in [2.45, 2.75) is 13.5 Å². The number of methoxy groups -OCH3 is 1. The fourth-order valence-corrected chi connectivity index (χ4v) is 4.28. The lowest BCUT2D eigenvalue weighted by molar-refractivity contribution is 0.102. The van der Waals surface area contributed by atoms with Crippen molar-refractivity contribution in [2.24, 2.45) is 0 Å². The first-order valence-corrected chi connectivity index (χ1v) is 9.97. The van der Waals surface area contributed by atoms with Crippen LogP contribution in [0.3, 0.4) is 0 Å². The van der Waals surface area contributed by atoms with Gasteiger partial charge in [0.05, 0.1) is 35.9 Å². The molecule has 0 saturated heterocycles. The summed E-state index contributed by atoms with van der Waals surface area (Å²) in [6, 6.07) is 13.2. The Hall–Kier alpha value is -3.52. The second-order valence-electron chi connectivity index (χ2n) is 6.70. The summed E-state index contributed by atoms with van der Waals surface area (Å²) in [7, 11) is 1.53. The number of thiophene rings is 1. The van der Waals surface area contributed by atoms with E-state index in [9.17, 15) is 14.0 Å². The molecule has 1 amide bonds. The molecule has 0 aliphatic heterocycles. The van der Waals surface area contributed by atoms with Crippen LogP contribution < -0.4 is 15.6 Å². The third-order valence-electron chi connectivity index (χ3n) is 4.72. The molecule has 0 bridgehead atoms. The molecule has 0 saturated carbocycles. The minimum atomic E-state index is -0.364. The molecular weight excluding hydrogens is 405 g/mol. The highest BCUT2D eigenvalue weighted by Gasteiger charge is 2.20. The second-order valence-corrected chi connectivity index (χ2v) is 7.70. The molecule has 4 aromatic rings. The van der Waals surface area contributed by atoms with Crippen LogP contribution in [0.5, 0.6) is 5.75 Å². The van der Waals surface area contributed by atoms with Crippen molar-refractivity contribution in [2.75, 3.05) is 12.4 Å². The van der Waals surface area contributed by atoms with E-state index in [0.717, 1.165) is 11.3 Å². The Morgan fingerprint density at radius 2 is 2.03 bits per heavy atom. The van der Waals surface area contributed by atoms with Gasteiger partial charge in [0, 0.05) is 0 Å². The first-order valence-electron chi connectivity index (χ1n) is 9.15. The molecule has 2 aromatic carbocycles. The minimum absolute atomic E-state index is 0.192. The van der Waals surface area contributed by atoms with E-state index in [1.54, 1.807) is 37.3 Å². The molecule has 2 aromatic heterocycles. The number of aryl methyl sites for hydroxylation is 1. The highest BCUT2D eigenvalue weighted by atomic mass is 32.1. The Kier molecular flexibility index (Phi) is 5.33. The lowest BCUT2D eigenvalue weighted by Gasteiger charge is -2.09. The van der Waals surface area contributed by atoms with Crippen molar-refractivity contribution in [1.82, 2.24) is 9.55 Å². The molecule has 152 valence electrons. The second kappa shape index (κ2) is 8.08. The van der Waals surface area contributed by atoms with E-state index in [1.165, 1.54) is 30.1 Å². The van der Waals surface area contributed by atoms with Crippen LogP contribution in [0.4, 0.5) is 10.1 Å². The highest BCUT2D eigenvalue weighted by molar-refractivity contribution is 7.20. The average molecular weight is 423 g/mol. The molecule has 1 N–H and O–H groups in total. The van der Waals surface area contributed by atoms with Crippen molar-refractivity contribution in [1.29, 1.82) is 0 Å². The summed E-state index contributed by atoms with van der Waals surface area (Å²) in [5.41, 5.74) is 1.49. The normalized spacial score (nSPS) is 10.9. The molecule has 0 fully saturated rings. The first kappa shape index (κ1) is 19.8. The smallest absolute Gasteiger partial charge is 0.266 e. The summed E-state index contributed by atoms with van der Waals surface area (Å²) in [6.45, 7) is 1.92. The summed E-state index contributed by atoms with van der Waals surface area (Å²) < 4.78 is 20.1. The maximum absolute atomic E-state index is 13.5. The van der Waals surface area contributed by atoms with Crippen molar-refractivity contribution >= 4 is 33.1 Å². The third-order valence-corrected chi connectivity index (χ3v) is 5.92. The molecule has 8 heteroatoms. The number of anilines is 1. The summed E-state index contributed by atoms with van der Waals surface area (Å²) in [4.78, 5) is 31.1. The molecule has 0 unspecified atom stereocenters. The third kappa shape index (κ3) is 3.69. The van der Waals surface area contributed by atoms with Crippen molar-refractivity contribution < 1.29 is 13.9 Å². The van der Waals surface area contributed by atoms with Crippen LogP contribution in [0, 0.1) is 12.7 Å². The van der Waals surface area contributed by atoms with E-state index in [-0.39, 0.29) is 23.8 Å². The van der Waals surface area contributed by atoms with Gasteiger partial charge in [-0.1, -0.05) is 24.3 Å². The molecule has 0 aliphatic carbocycles. The van der Waals surface area contributed by atoms with Crippen LogP contribution >= 0.6 is 11.3 Å². The average Bonchev–Trinajstić information content (AvgIpc) is 3.08. The molecule has 4 rings (SSSR count). The van der Waals surface area contributed by atoms with Gasteiger partial charge in [-0.2, -0.15) is 0 Å². The van der Waals surface area contributed by atoms with E-state index in [1.807, 2.05) is 6.07 Å². The maximum atomic E-state index is 13.5. The zero-order valence-electron chi connectivity index (χ0n) is 16.3. The van der Waals surface area contributed by atoms with Gasteiger partial charge >= 0.3 is 0 Å². The van der Waals surface area contributed by atoms with Crippen molar-refractivity contribution in [3.05, 3.63) is 87.0 Å². The molecule has 0 radical (unpaired) electrons. The van der Waals surface area contributed by atoms with Crippen LogP contribution in [0.1, 0.15) is 20.8 Å². The quantitative estimate of drug-likeness (QED) is 0.522. The zero-order chi connectivity index (χ0) is 21.3. The summed E-state index contributed by atoms with van der Waals surface area (Å²) in [5, 5.41) is 3.22. The van der Waals surface area contributed by atoms with E-state index >= 15 is 0 Å². The zero-order valence-corrected chi connectivity index (χ0v) is 17.1. The van der Waals surface area contributed by atoms with Crippen molar-refractivity contribution in [3.8, 4) is 5.75 Å². The van der Waals surface area contributed by atoms with Crippen LogP contribution in [0.15, 0.2) is 59.7 Å². The summed E-state index contributed by atoms with van der Waals surface area (Å²) >= 11 is 1.16. The van der Waals surface area contributed by atoms with Gasteiger partial charge in [-0.3, -0.25) is 14.2 Å². The number of ether oxygens (including phenoxy) is 1. The number of fused-ring (bicyclic) bond motifs is 1. The predicted octanol–water partition coefficient (Wildman–Crippen LogP) is 4.21. The van der Waals surface area contributed by atoms with E-state index < -0.39 is 0 Å². The largest absolute Gasteiger partial charge is 0.495 e. The minimum Gasteiger partial charge on any atom is -0.495 e. The van der Waals surface area contributed by atoms with Gasteiger partial charge in [0.15, 0.2) is 0 Å². The Balaban J connectivity index is 1.69. The number of nitrogens with one attached hydrogen (secondary N) is 1. The molecule has 30 heavy (non-hydrogen) atoms. The SMILES string of the molecule is COc1ccccc1NC(=O)c1sc2ncn(Cc3cccc(F)c3)c(=O)c2c1C. The number of para-hydroxylation sites is 2. The summed E-state index contributed by atoms with van der Waals surface area (Å²) in [6.07, 6.45) is 1.42. The Labute approximate surface area is 175 Å². The summed E-state index contributed by atoms with van der Waals surface area (Å²) in [5.74, 6) is -0.159. The topological polar surface area (TPSA) is 73.2 Å². The lowest BCUT2D eigenvalue weighted by atomic mass is 10.2. The number of hydrogen-bond acceptors (Lipinski definition) is 5. The van der Waals surface area contributed by atoms with Gasteiger partial charge in [-0.25, -0.2) is 9.37 Å². The van der Waals surface area contributed by atoms with Crippen LogP contribution in [0.2, 0.25) is 0 Å². The molecule has 0 spiro atoms. The van der Waals surface area contributed by atoms with Crippen molar-refractivity contribution in [3.63, 3.8) is 0 Å². The van der Waals surface area contributed by atoms with E-state index in [2.05, 4.69) is 10.3 Å². The molecule has 6 nitrogen and oxygen atoms in total. The number of hydrogen-bond donors (Lipinski definition) is 1. The number of amides is 1. The van der Waals surface area contributed by atoms with Gasteiger partial charge in [-0.05, 0) is 42.3 Å². The molecule has 0 aliphatic rings. The molecular formula is C22H18FN3O3S. The van der Waals surface area contributed by atoms with Crippen LogP contribution in [-0.4, -0.2) is 22.6 Å². The fraction of sp³-hybridized carbons (Fsp3) is 0.136. The van der Waals surface area contributed by atoms with Crippen LogP contribution in [0.25, 0.3) is 10.2 Å². The van der Waals surface area contributed by atoms with Gasteiger partial charge in [-0.15, -0.1) is 11.3 Å². The van der Waals surface area contributed by atoms with Gasteiger partial charge in [0.25, 0.3) is 11.5 Å². The number of nitrogens with zero attached hydrogens (tertiary/aromatic N) is 2. The molecule has 0 atom stereocenters. The lowest BCUT2D eigenvalue weighted by Crippen LogP contribution is -2.21. The number of rotatable bonds is 5. The maximum Gasteiger partial charge on any atom is 0.266 e. The van der Waals surface area contributed by atoms with Gasteiger partial charge < -0.3 is 10.1 Å². The number of carbonyl (C=O) groups excluding carboxylic acids is 1. The highest BCUT2D eigenvalue weighted by Crippen LogP contribution is 2.29. The monoisotopic (exact) mass is 423 g/mol. The number of aromatic nitrogens is 2. The van der Waals surface area contributed by atoms with Crippen LogP contribution in [-0.2, 0) is 6.54 Å². The van der Waals surface area contributed by atoms with Gasteiger partial charge in [0.2, 0.25) is 0 Å². The Bertz CT molecular complexity index is 1310. The fourth-order valence-electron chi connectivity index (χ4n) is 3.25. The Morgan fingerprint density at radius 3 is 2.80 bits per heavy atom. The number of halogens is 1. The Morgan fingerprint density at radius 1 is 1.23 bits per heavy atom. The predicted molar refractivity (Wildman–Crippen MR) is 115 cm³/mol. The molecule has 2 heterocycles. The van der Waals surface area contributed by atoms with E-state index in [0.29, 0.717) is 37.7 Å².